The molecule has 0 unspecified atom stereocenters. The summed E-state index contributed by atoms with van der Waals surface area (Å²) in [5.74, 6) is -0.258. The highest BCUT2D eigenvalue weighted by atomic mass is 32.2. The first-order valence-corrected chi connectivity index (χ1v) is 10.1. The molecule has 1 aromatic heterocycles. The molecule has 1 heterocycles. The monoisotopic (exact) mass is 384 g/mol. The van der Waals surface area contributed by atoms with Gasteiger partial charge in [0, 0.05) is 23.5 Å². The summed E-state index contributed by atoms with van der Waals surface area (Å²) in [6.07, 6.45) is 4.37. The molecule has 0 aliphatic heterocycles. The van der Waals surface area contributed by atoms with Crippen LogP contribution < -0.4 is 11.1 Å². The fourth-order valence-corrected chi connectivity index (χ4v) is 4.06. The van der Waals surface area contributed by atoms with Crippen LogP contribution in [-0.4, -0.2) is 27.5 Å². The molecule has 7 heteroatoms. The van der Waals surface area contributed by atoms with E-state index >= 15 is 0 Å². The topological polar surface area (TPSA) is 98.0 Å². The minimum atomic E-state index is -0.397. The number of anilines is 1. The molecule has 2 amide bonds. The van der Waals surface area contributed by atoms with Crippen molar-refractivity contribution in [1.29, 1.82) is 0 Å². The average Bonchev–Trinajstić information content (AvgIpc) is 3.07. The van der Waals surface area contributed by atoms with Gasteiger partial charge in [0.1, 0.15) is 0 Å². The first-order chi connectivity index (χ1) is 12.9. The lowest BCUT2D eigenvalue weighted by molar-refractivity contribution is -0.116. The summed E-state index contributed by atoms with van der Waals surface area (Å²) >= 11 is 1.23. The van der Waals surface area contributed by atoms with Crippen LogP contribution in [0, 0.1) is 13.8 Å². The summed E-state index contributed by atoms with van der Waals surface area (Å²) in [4.78, 5) is 32.1. The maximum absolute atomic E-state index is 12.3. The second-order valence-corrected chi connectivity index (χ2v) is 7.74. The van der Waals surface area contributed by atoms with Crippen LogP contribution in [0.1, 0.15) is 40.9 Å². The quantitative estimate of drug-likeness (QED) is 0.565. The maximum Gasteiger partial charge on any atom is 0.227 e. The molecule has 0 fully saturated rings. The van der Waals surface area contributed by atoms with Crippen LogP contribution in [0.3, 0.4) is 0 Å². The van der Waals surface area contributed by atoms with Crippen LogP contribution >= 0.6 is 11.8 Å². The number of hydrogen-bond acceptors (Lipinski definition) is 5. The van der Waals surface area contributed by atoms with Crippen LogP contribution in [0.2, 0.25) is 0 Å². The number of rotatable bonds is 7. The fourth-order valence-electron chi connectivity index (χ4n) is 3.38. The van der Waals surface area contributed by atoms with Gasteiger partial charge in [-0.2, -0.15) is 0 Å². The third kappa shape index (κ3) is 5.07. The second-order valence-electron chi connectivity index (χ2n) is 6.80. The fraction of sp³-hybridized carbons (Fsp3) is 0.400. The van der Waals surface area contributed by atoms with Gasteiger partial charge in [0.15, 0.2) is 5.16 Å². The van der Waals surface area contributed by atoms with Crippen molar-refractivity contribution < 1.29 is 9.59 Å². The van der Waals surface area contributed by atoms with Gasteiger partial charge >= 0.3 is 0 Å². The van der Waals surface area contributed by atoms with E-state index in [1.54, 1.807) is 0 Å². The van der Waals surface area contributed by atoms with Crippen LogP contribution in [0.15, 0.2) is 23.4 Å². The van der Waals surface area contributed by atoms with Gasteiger partial charge in [-0.15, -0.1) is 0 Å². The molecule has 3 N–H and O–H groups in total. The summed E-state index contributed by atoms with van der Waals surface area (Å²) in [7, 11) is 0. The first-order valence-electron chi connectivity index (χ1n) is 9.09. The van der Waals surface area contributed by atoms with Crippen molar-refractivity contribution in [3.63, 3.8) is 0 Å². The Morgan fingerprint density at radius 2 is 1.85 bits per heavy atom. The highest BCUT2D eigenvalue weighted by molar-refractivity contribution is 7.99. The molecule has 3 rings (SSSR count). The number of nitrogens with one attached hydrogen (secondary N) is 1. The van der Waals surface area contributed by atoms with Crippen molar-refractivity contribution >= 4 is 29.3 Å². The second kappa shape index (κ2) is 8.52. The highest BCUT2D eigenvalue weighted by Crippen LogP contribution is 2.25. The van der Waals surface area contributed by atoms with E-state index in [1.165, 1.54) is 29.3 Å². The molecule has 0 saturated carbocycles. The summed E-state index contributed by atoms with van der Waals surface area (Å²) < 4.78 is 0. The molecule has 0 spiro atoms. The number of carbonyl (C=O) groups is 2. The molecular weight excluding hydrogens is 360 g/mol. The lowest BCUT2D eigenvalue weighted by atomic mass is 10.1. The number of fused-ring (bicyclic) bond motifs is 1. The summed E-state index contributed by atoms with van der Waals surface area (Å²) in [5, 5.41) is 3.53. The molecule has 2 aromatic rings. The maximum atomic E-state index is 12.3. The Bertz CT molecular complexity index is 859. The van der Waals surface area contributed by atoms with E-state index in [2.05, 4.69) is 27.4 Å². The van der Waals surface area contributed by atoms with Gasteiger partial charge in [-0.25, -0.2) is 9.97 Å². The lowest BCUT2D eigenvalue weighted by Crippen LogP contribution is -2.15. The number of primary amides is 1. The average molecular weight is 385 g/mol. The number of aromatic nitrogens is 2. The number of thioether (sulfide) groups is 1. The predicted octanol–water partition coefficient (Wildman–Crippen LogP) is 2.73. The van der Waals surface area contributed by atoms with Gasteiger partial charge < -0.3 is 11.1 Å². The molecule has 0 radical (unpaired) electrons. The highest BCUT2D eigenvalue weighted by Gasteiger charge is 2.14. The Labute approximate surface area is 163 Å². The number of hydrogen-bond donors (Lipinski definition) is 2. The Morgan fingerprint density at radius 1 is 1.15 bits per heavy atom. The van der Waals surface area contributed by atoms with Crippen molar-refractivity contribution in [3.05, 3.63) is 46.3 Å². The van der Waals surface area contributed by atoms with Gasteiger partial charge in [-0.05, 0) is 68.4 Å². The Morgan fingerprint density at radius 3 is 2.56 bits per heavy atom. The molecule has 6 nitrogen and oxygen atoms in total. The lowest BCUT2D eigenvalue weighted by Gasteiger charge is -2.11. The number of aryl methyl sites for hydroxylation is 4. The number of nitrogens with zero attached hydrogens (tertiary/aromatic N) is 2. The zero-order valence-corrected chi connectivity index (χ0v) is 16.5. The minimum absolute atomic E-state index is 0.0149. The Kier molecular flexibility index (Phi) is 6.11. The molecule has 0 bridgehead atoms. The molecule has 1 aliphatic rings. The minimum Gasteiger partial charge on any atom is -0.369 e. The Hall–Kier alpha value is -2.41. The van der Waals surface area contributed by atoms with E-state index in [4.69, 9.17) is 5.73 Å². The summed E-state index contributed by atoms with van der Waals surface area (Å²) in [6, 6.07) is 6.18. The van der Waals surface area contributed by atoms with Crippen molar-refractivity contribution in [2.24, 2.45) is 5.73 Å². The third-order valence-corrected chi connectivity index (χ3v) is 5.60. The van der Waals surface area contributed by atoms with Crippen LogP contribution in [-0.2, 0) is 28.9 Å². The molecule has 0 saturated heterocycles. The van der Waals surface area contributed by atoms with E-state index in [9.17, 15) is 9.59 Å². The largest absolute Gasteiger partial charge is 0.369 e. The molecule has 1 aromatic carbocycles. The molecule has 1 aliphatic carbocycles. The number of benzene rings is 1. The predicted molar refractivity (Wildman–Crippen MR) is 107 cm³/mol. The van der Waals surface area contributed by atoms with E-state index in [0.717, 1.165) is 35.5 Å². The number of amides is 2. The van der Waals surface area contributed by atoms with Crippen LogP contribution in [0.5, 0.6) is 0 Å². The van der Waals surface area contributed by atoms with Gasteiger partial charge in [0.2, 0.25) is 11.8 Å². The number of carbonyl (C=O) groups excluding carboxylic acids is 2. The molecule has 0 atom stereocenters. The van der Waals surface area contributed by atoms with Crippen molar-refractivity contribution in [1.82, 2.24) is 9.97 Å². The molecule has 27 heavy (non-hydrogen) atoms. The van der Waals surface area contributed by atoms with Crippen LogP contribution in [0.25, 0.3) is 0 Å². The smallest absolute Gasteiger partial charge is 0.227 e. The van der Waals surface area contributed by atoms with Crippen molar-refractivity contribution in [3.8, 4) is 0 Å². The Balaban J connectivity index is 1.59. The van der Waals surface area contributed by atoms with E-state index in [1.807, 2.05) is 19.9 Å². The first kappa shape index (κ1) is 19.4. The summed E-state index contributed by atoms with van der Waals surface area (Å²) in [6.45, 7) is 3.80. The SMILES string of the molecule is Cc1nc(SCC(N)=O)nc(C)c1CCC(=O)Nc1ccc2c(c1)CCC2. The third-order valence-electron chi connectivity index (χ3n) is 4.73. The summed E-state index contributed by atoms with van der Waals surface area (Å²) in [5.41, 5.74) is 11.4. The van der Waals surface area contributed by atoms with Gasteiger partial charge in [0.25, 0.3) is 0 Å². The zero-order valence-electron chi connectivity index (χ0n) is 15.7. The van der Waals surface area contributed by atoms with Gasteiger partial charge in [-0.3, -0.25) is 9.59 Å². The molecule has 142 valence electrons. The normalized spacial score (nSPS) is 12.7. The van der Waals surface area contributed by atoms with Gasteiger partial charge in [-0.1, -0.05) is 17.8 Å². The zero-order chi connectivity index (χ0) is 19.4. The van der Waals surface area contributed by atoms with E-state index in [-0.39, 0.29) is 11.7 Å². The van der Waals surface area contributed by atoms with E-state index < -0.39 is 5.91 Å². The standard InChI is InChI=1S/C20H24N4O2S/c1-12-17(13(2)23-20(22-12)27-11-18(21)25)8-9-19(26)24-16-7-6-14-4-3-5-15(14)10-16/h6-7,10H,3-5,8-9,11H2,1-2H3,(H2,21,25)(H,24,26). The van der Waals surface area contributed by atoms with Crippen molar-refractivity contribution in [2.75, 3.05) is 11.1 Å². The van der Waals surface area contributed by atoms with E-state index in [0.29, 0.717) is 18.0 Å². The number of nitrogens with two attached hydrogens (primary N) is 1. The van der Waals surface area contributed by atoms with Crippen molar-refractivity contribution in [2.45, 2.75) is 51.1 Å². The van der Waals surface area contributed by atoms with Crippen LogP contribution in [0.4, 0.5) is 5.69 Å². The molecular formula is C20H24N4O2S. The van der Waals surface area contributed by atoms with Gasteiger partial charge in [0.05, 0.1) is 5.75 Å².